The minimum Gasteiger partial charge on any atom is -0.294 e. The summed E-state index contributed by atoms with van der Waals surface area (Å²) in [5.74, 6) is 1.71. The summed E-state index contributed by atoms with van der Waals surface area (Å²) in [6.45, 7) is 6.16. The van der Waals surface area contributed by atoms with E-state index in [0.29, 0.717) is 6.04 Å². The summed E-state index contributed by atoms with van der Waals surface area (Å²) in [5, 5.41) is 5.35. The van der Waals surface area contributed by atoms with Crippen LogP contribution in [0.15, 0.2) is 4.79 Å². The van der Waals surface area contributed by atoms with Crippen LogP contribution in [0, 0.1) is 13.8 Å². The van der Waals surface area contributed by atoms with Crippen LogP contribution in [0.4, 0.5) is 0 Å². The maximum Gasteiger partial charge on any atom is 0.284 e. The van der Waals surface area contributed by atoms with Crippen molar-refractivity contribution in [3.63, 3.8) is 0 Å². The fourth-order valence-electron chi connectivity index (χ4n) is 3.75. The molecule has 0 saturated heterocycles. The Bertz CT molecular complexity index is 943. The number of aromatic nitrogens is 4. The highest BCUT2D eigenvalue weighted by Gasteiger charge is 2.24. The first-order valence-electron chi connectivity index (χ1n) is 8.51. The third-order valence-corrected chi connectivity index (χ3v) is 6.23. The second kappa shape index (κ2) is 5.44. The smallest absolute Gasteiger partial charge is 0.284 e. The molecule has 1 saturated carbocycles. The van der Waals surface area contributed by atoms with Gasteiger partial charge in [-0.25, -0.2) is 4.98 Å². The molecule has 0 aliphatic heterocycles. The highest BCUT2D eigenvalue weighted by molar-refractivity contribution is 7.18. The molecule has 0 aromatic carbocycles. The Hall–Kier alpha value is -1.69. The molecule has 0 bridgehead atoms. The van der Waals surface area contributed by atoms with E-state index in [2.05, 4.69) is 23.5 Å². The molecule has 1 aliphatic carbocycles. The molecular weight excluding hydrogens is 308 g/mol. The normalized spacial score (nSPS) is 16.7. The van der Waals surface area contributed by atoms with Crippen molar-refractivity contribution in [3.05, 3.63) is 26.6 Å². The summed E-state index contributed by atoms with van der Waals surface area (Å²) >= 11 is 1.61. The van der Waals surface area contributed by atoms with E-state index in [-0.39, 0.29) is 5.56 Å². The van der Waals surface area contributed by atoms with Crippen molar-refractivity contribution in [2.45, 2.75) is 65.3 Å². The summed E-state index contributed by atoms with van der Waals surface area (Å²) in [5.41, 5.74) is 1.03. The van der Waals surface area contributed by atoms with Crippen LogP contribution in [0.25, 0.3) is 16.0 Å². The zero-order chi connectivity index (χ0) is 16.1. The van der Waals surface area contributed by atoms with Gasteiger partial charge in [-0.3, -0.25) is 9.36 Å². The summed E-state index contributed by atoms with van der Waals surface area (Å²) < 4.78 is 3.78. The average molecular weight is 330 g/mol. The molecule has 3 heterocycles. The van der Waals surface area contributed by atoms with Crippen LogP contribution in [-0.4, -0.2) is 19.2 Å². The summed E-state index contributed by atoms with van der Waals surface area (Å²) in [4.78, 5) is 19.8. The molecule has 5 nitrogen and oxygen atoms in total. The number of nitrogens with zero attached hydrogens (tertiary/aromatic N) is 4. The SMILES string of the molecule is CCc1nn2c(=O)c3c(C)c(C)sc3nc2n1C1CCCCC1. The quantitative estimate of drug-likeness (QED) is 0.718. The van der Waals surface area contributed by atoms with Gasteiger partial charge in [0.05, 0.1) is 5.39 Å². The van der Waals surface area contributed by atoms with Crippen molar-refractivity contribution >= 4 is 27.3 Å². The number of hydrogen-bond acceptors (Lipinski definition) is 4. The fraction of sp³-hybridized carbons (Fsp3) is 0.588. The molecule has 1 fully saturated rings. The van der Waals surface area contributed by atoms with Crippen molar-refractivity contribution < 1.29 is 0 Å². The number of fused-ring (bicyclic) bond motifs is 2. The minimum atomic E-state index is -0.0175. The Morgan fingerprint density at radius 2 is 1.96 bits per heavy atom. The van der Waals surface area contributed by atoms with Crippen LogP contribution in [0.2, 0.25) is 0 Å². The molecule has 0 N–H and O–H groups in total. The van der Waals surface area contributed by atoms with Crippen molar-refractivity contribution in [2.24, 2.45) is 0 Å². The molecule has 4 rings (SSSR count). The van der Waals surface area contributed by atoms with Gasteiger partial charge in [0.2, 0.25) is 5.78 Å². The summed E-state index contributed by atoms with van der Waals surface area (Å²) in [6, 6.07) is 0.433. The minimum absolute atomic E-state index is 0.0175. The van der Waals surface area contributed by atoms with Crippen LogP contribution in [-0.2, 0) is 6.42 Å². The second-order valence-corrected chi connectivity index (χ2v) is 7.73. The maximum atomic E-state index is 12.9. The average Bonchev–Trinajstić information content (AvgIpc) is 3.07. The number of hydrogen-bond donors (Lipinski definition) is 0. The van der Waals surface area contributed by atoms with Gasteiger partial charge >= 0.3 is 0 Å². The Balaban J connectivity index is 2.05. The van der Waals surface area contributed by atoms with Gasteiger partial charge in [0.15, 0.2) is 0 Å². The largest absolute Gasteiger partial charge is 0.294 e. The van der Waals surface area contributed by atoms with Crippen molar-refractivity contribution in [2.75, 3.05) is 0 Å². The third kappa shape index (κ3) is 2.15. The van der Waals surface area contributed by atoms with E-state index in [1.807, 2.05) is 6.92 Å². The number of thiophene rings is 1. The van der Waals surface area contributed by atoms with Gasteiger partial charge in [-0.05, 0) is 32.3 Å². The fourth-order valence-corrected chi connectivity index (χ4v) is 4.77. The predicted octanol–water partition coefficient (Wildman–Crippen LogP) is 3.79. The lowest BCUT2D eigenvalue weighted by molar-refractivity contribution is 0.351. The highest BCUT2D eigenvalue weighted by Crippen LogP contribution is 2.32. The van der Waals surface area contributed by atoms with Crippen LogP contribution in [0.3, 0.4) is 0 Å². The molecule has 1 aliphatic rings. The maximum absolute atomic E-state index is 12.9. The van der Waals surface area contributed by atoms with E-state index in [0.717, 1.165) is 51.5 Å². The molecule has 0 atom stereocenters. The molecular formula is C17H22N4OS. The molecule has 0 amide bonds. The molecule has 6 heteroatoms. The van der Waals surface area contributed by atoms with E-state index in [1.54, 1.807) is 11.3 Å². The highest BCUT2D eigenvalue weighted by atomic mass is 32.1. The molecule has 122 valence electrons. The molecule has 3 aromatic heterocycles. The van der Waals surface area contributed by atoms with Gasteiger partial charge in [0.1, 0.15) is 10.7 Å². The first kappa shape index (κ1) is 14.9. The van der Waals surface area contributed by atoms with Gasteiger partial charge in [-0.2, -0.15) is 4.52 Å². The molecule has 0 unspecified atom stereocenters. The monoisotopic (exact) mass is 330 g/mol. The Morgan fingerprint density at radius 1 is 1.22 bits per heavy atom. The van der Waals surface area contributed by atoms with Gasteiger partial charge in [-0.15, -0.1) is 16.4 Å². The standard InChI is InChI=1S/C17H22N4OS/c1-4-13-19-21-16(22)14-10(2)11(3)23-15(14)18-17(21)20(13)12-8-6-5-7-9-12/h12H,4-9H2,1-3H3. The van der Waals surface area contributed by atoms with Gasteiger partial charge < -0.3 is 0 Å². The summed E-state index contributed by atoms with van der Waals surface area (Å²) in [6.07, 6.45) is 6.96. The summed E-state index contributed by atoms with van der Waals surface area (Å²) in [7, 11) is 0. The lowest BCUT2D eigenvalue weighted by atomic mass is 9.95. The lowest BCUT2D eigenvalue weighted by Gasteiger charge is -2.24. The predicted molar refractivity (Wildman–Crippen MR) is 93.6 cm³/mol. The number of rotatable bonds is 2. The third-order valence-electron chi connectivity index (χ3n) is 5.13. The topological polar surface area (TPSA) is 52.2 Å². The second-order valence-electron chi connectivity index (χ2n) is 6.52. The molecule has 3 aromatic rings. The molecule has 0 spiro atoms. The number of aryl methyl sites for hydroxylation is 3. The zero-order valence-corrected chi connectivity index (χ0v) is 14.7. The molecule has 0 radical (unpaired) electrons. The van der Waals surface area contributed by atoms with Gasteiger partial charge in [-0.1, -0.05) is 26.2 Å². The van der Waals surface area contributed by atoms with Gasteiger partial charge in [0, 0.05) is 17.3 Å². The Kier molecular flexibility index (Phi) is 3.52. The van der Waals surface area contributed by atoms with Gasteiger partial charge in [0.25, 0.3) is 5.56 Å². The Labute approximate surface area is 139 Å². The molecule has 23 heavy (non-hydrogen) atoms. The van der Waals surface area contributed by atoms with E-state index in [4.69, 9.17) is 4.98 Å². The van der Waals surface area contributed by atoms with Crippen LogP contribution >= 0.6 is 11.3 Å². The van der Waals surface area contributed by atoms with Crippen LogP contribution in [0.1, 0.15) is 61.3 Å². The van der Waals surface area contributed by atoms with Crippen LogP contribution < -0.4 is 5.56 Å². The first-order valence-corrected chi connectivity index (χ1v) is 9.33. The Morgan fingerprint density at radius 3 is 2.65 bits per heavy atom. The van der Waals surface area contributed by atoms with Crippen molar-refractivity contribution in [3.8, 4) is 0 Å². The van der Waals surface area contributed by atoms with E-state index < -0.39 is 0 Å². The van der Waals surface area contributed by atoms with Crippen molar-refractivity contribution in [1.29, 1.82) is 0 Å². The first-order chi connectivity index (χ1) is 11.1. The van der Waals surface area contributed by atoms with E-state index in [9.17, 15) is 4.79 Å². The van der Waals surface area contributed by atoms with Crippen molar-refractivity contribution in [1.82, 2.24) is 19.2 Å². The van der Waals surface area contributed by atoms with E-state index >= 15 is 0 Å². The van der Waals surface area contributed by atoms with Crippen LogP contribution in [0.5, 0.6) is 0 Å². The van der Waals surface area contributed by atoms with E-state index in [1.165, 1.54) is 23.8 Å². The lowest BCUT2D eigenvalue weighted by Crippen LogP contribution is -2.18. The zero-order valence-electron chi connectivity index (χ0n) is 13.9.